The van der Waals surface area contributed by atoms with Crippen molar-refractivity contribution in [3.05, 3.63) is 24.0 Å². The quantitative estimate of drug-likeness (QED) is 0.688. The lowest BCUT2D eigenvalue weighted by molar-refractivity contribution is -0.125. The number of rotatable bonds is 6. The fourth-order valence-corrected chi connectivity index (χ4v) is 2.34. The molecule has 1 saturated heterocycles. The Labute approximate surface area is 134 Å². The highest BCUT2D eigenvalue weighted by molar-refractivity contribution is 5.97. The molecule has 126 valence electrons. The predicted molar refractivity (Wildman–Crippen MR) is 84.7 cm³/mol. The Bertz CT molecular complexity index is 582. The number of hydrogen-bond acceptors (Lipinski definition) is 5. The van der Waals surface area contributed by atoms with Crippen LogP contribution in [0.5, 0.6) is 0 Å². The Kier molecular flexibility index (Phi) is 6.03. The Morgan fingerprint density at radius 3 is 2.91 bits per heavy atom. The molecule has 0 radical (unpaired) electrons. The molecule has 8 heteroatoms. The third-order valence-corrected chi connectivity index (χ3v) is 3.49. The van der Waals surface area contributed by atoms with Gasteiger partial charge in [0.05, 0.1) is 18.3 Å². The van der Waals surface area contributed by atoms with Crippen LogP contribution in [0.3, 0.4) is 0 Å². The molecule has 0 saturated carbocycles. The van der Waals surface area contributed by atoms with Gasteiger partial charge in [0.25, 0.3) is 5.91 Å². The Hall–Kier alpha value is -2.03. The molecule has 1 aromatic carbocycles. The van der Waals surface area contributed by atoms with E-state index in [4.69, 9.17) is 10.5 Å². The Morgan fingerprint density at radius 2 is 2.30 bits per heavy atom. The zero-order chi connectivity index (χ0) is 16.8. The molecule has 0 unspecified atom stereocenters. The zero-order valence-electron chi connectivity index (χ0n) is 13.0. The minimum absolute atomic E-state index is 0.0568. The molecule has 0 spiro atoms. The molecular weight excluding hydrogens is 303 g/mol. The van der Waals surface area contributed by atoms with Crippen LogP contribution in [0.25, 0.3) is 0 Å². The van der Waals surface area contributed by atoms with Gasteiger partial charge in [-0.15, -0.1) is 0 Å². The van der Waals surface area contributed by atoms with Crippen molar-refractivity contribution in [2.24, 2.45) is 5.73 Å². The first-order valence-corrected chi connectivity index (χ1v) is 7.48. The van der Waals surface area contributed by atoms with E-state index in [9.17, 15) is 14.0 Å². The standard InChI is InChI=1S/C15H21FN4O3/c1-2-18-12(8-17)15(22)19-10-3-4-13(11(16)7-10)20-5-6-23-9-14(20)21/h3-4,7,12,18H,2,5-6,8-9,17H2,1H3,(H,19,22)/t12-/m0/s1. The lowest BCUT2D eigenvalue weighted by Crippen LogP contribution is -2.45. The molecule has 1 aliphatic rings. The smallest absolute Gasteiger partial charge is 0.253 e. The van der Waals surface area contributed by atoms with E-state index in [1.54, 1.807) is 6.07 Å². The molecule has 2 rings (SSSR count). The number of benzene rings is 1. The normalized spacial score (nSPS) is 16.3. The van der Waals surface area contributed by atoms with Crippen LogP contribution in [0.2, 0.25) is 0 Å². The minimum atomic E-state index is -0.578. The third-order valence-electron chi connectivity index (χ3n) is 3.49. The number of hydrogen-bond donors (Lipinski definition) is 3. The summed E-state index contributed by atoms with van der Waals surface area (Å²) in [7, 11) is 0. The van der Waals surface area contributed by atoms with E-state index in [1.165, 1.54) is 17.0 Å². The molecule has 7 nitrogen and oxygen atoms in total. The molecular formula is C15H21FN4O3. The Morgan fingerprint density at radius 1 is 1.52 bits per heavy atom. The van der Waals surface area contributed by atoms with Crippen LogP contribution in [0.4, 0.5) is 15.8 Å². The number of nitrogens with zero attached hydrogens (tertiary/aromatic N) is 1. The average Bonchev–Trinajstić information content (AvgIpc) is 2.53. The van der Waals surface area contributed by atoms with E-state index in [1.807, 2.05) is 6.92 Å². The van der Waals surface area contributed by atoms with Crippen molar-refractivity contribution in [3.8, 4) is 0 Å². The van der Waals surface area contributed by atoms with Crippen LogP contribution >= 0.6 is 0 Å². The van der Waals surface area contributed by atoms with Gasteiger partial charge in [-0.2, -0.15) is 0 Å². The molecule has 2 amide bonds. The van der Waals surface area contributed by atoms with Crippen molar-refractivity contribution in [1.29, 1.82) is 0 Å². The highest BCUT2D eigenvalue weighted by Gasteiger charge is 2.23. The van der Waals surface area contributed by atoms with Gasteiger partial charge in [-0.25, -0.2) is 4.39 Å². The van der Waals surface area contributed by atoms with Gasteiger partial charge < -0.3 is 26.0 Å². The van der Waals surface area contributed by atoms with Gasteiger partial charge in [0.2, 0.25) is 5.91 Å². The van der Waals surface area contributed by atoms with Crippen LogP contribution in [0.1, 0.15) is 6.92 Å². The summed E-state index contributed by atoms with van der Waals surface area (Å²) in [4.78, 5) is 25.1. The molecule has 1 aliphatic heterocycles. The molecule has 4 N–H and O–H groups in total. The van der Waals surface area contributed by atoms with Gasteiger partial charge in [-0.1, -0.05) is 6.92 Å². The van der Waals surface area contributed by atoms with Crippen LogP contribution in [-0.4, -0.2) is 50.7 Å². The first-order valence-electron chi connectivity index (χ1n) is 7.48. The second kappa shape index (κ2) is 8.00. The maximum Gasteiger partial charge on any atom is 0.253 e. The van der Waals surface area contributed by atoms with E-state index in [0.29, 0.717) is 25.4 Å². The summed E-state index contributed by atoms with van der Waals surface area (Å²) in [6.07, 6.45) is 0. The minimum Gasteiger partial charge on any atom is -0.370 e. The number of nitrogens with two attached hydrogens (primary N) is 1. The predicted octanol–water partition coefficient (Wildman–Crippen LogP) is 0.0642. The van der Waals surface area contributed by atoms with Gasteiger partial charge >= 0.3 is 0 Å². The van der Waals surface area contributed by atoms with E-state index in [2.05, 4.69) is 10.6 Å². The summed E-state index contributed by atoms with van der Waals surface area (Å²) < 4.78 is 19.3. The fraction of sp³-hybridized carbons (Fsp3) is 0.467. The topological polar surface area (TPSA) is 96.7 Å². The van der Waals surface area contributed by atoms with E-state index in [0.717, 1.165) is 0 Å². The van der Waals surface area contributed by atoms with Crippen molar-refractivity contribution >= 4 is 23.2 Å². The van der Waals surface area contributed by atoms with Crippen LogP contribution in [0.15, 0.2) is 18.2 Å². The monoisotopic (exact) mass is 324 g/mol. The number of morpholine rings is 1. The average molecular weight is 324 g/mol. The first kappa shape index (κ1) is 17.3. The lowest BCUT2D eigenvalue weighted by Gasteiger charge is -2.27. The largest absolute Gasteiger partial charge is 0.370 e. The lowest BCUT2D eigenvalue weighted by atomic mass is 10.2. The first-order chi connectivity index (χ1) is 11.1. The van der Waals surface area contributed by atoms with Crippen molar-refractivity contribution in [1.82, 2.24) is 5.32 Å². The summed E-state index contributed by atoms with van der Waals surface area (Å²) in [5, 5.41) is 5.55. The van der Waals surface area contributed by atoms with Crippen LogP contribution < -0.4 is 21.3 Å². The molecule has 0 aromatic heterocycles. The third kappa shape index (κ3) is 4.25. The summed E-state index contributed by atoms with van der Waals surface area (Å²) >= 11 is 0. The van der Waals surface area contributed by atoms with Gasteiger partial charge in [-0.3, -0.25) is 9.59 Å². The van der Waals surface area contributed by atoms with Gasteiger partial charge in [0.1, 0.15) is 12.4 Å². The molecule has 1 aromatic rings. The zero-order valence-corrected chi connectivity index (χ0v) is 13.0. The summed E-state index contributed by atoms with van der Waals surface area (Å²) in [5.74, 6) is -1.20. The number of likely N-dealkylation sites (N-methyl/N-ethyl adjacent to an activating group) is 1. The number of anilines is 2. The fourth-order valence-electron chi connectivity index (χ4n) is 2.34. The van der Waals surface area contributed by atoms with E-state index < -0.39 is 11.9 Å². The van der Waals surface area contributed by atoms with Crippen molar-refractivity contribution < 1.29 is 18.7 Å². The highest BCUT2D eigenvalue weighted by atomic mass is 19.1. The molecule has 0 bridgehead atoms. The number of carbonyl (C=O) groups is 2. The van der Waals surface area contributed by atoms with E-state index in [-0.39, 0.29) is 30.7 Å². The number of amides is 2. The Balaban J connectivity index is 2.09. The maximum absolute atomic E-state index is 14.3. The van der Waals surface area contributed by atoms with Gasteiger partial charge in [-0.05, 0) is 24.7 Å². The maximum atomic E-state index is 14.3. The number of carbonyl (C=O) groups excluding carboxylic acids is 2. The highest BCUT2D eigenvalue weighted by Crippen LogP contribution is 2.24. The summed E-state index contributed by atoms with van der Waals surface area (Å²) in [5.41, 5.74) is 6.02. The van der Waals surface area contributed by atoms with Crippen LogP contribution in [0, 0.1) is 5.82 Å². The van der Waals surface area contributed by atoms with E-state index >= 15 is 0 Å². The SMILES string of the molecule is CCN[C@@H](CN)C(=O)Nc1ccc(N2CCOCC2=O)c(F)c1. The van der Waals surface area contributed by atoms with Crippen molar-refractivity contribution in [3.63, 3.8) is 0 Å². The van der Waals surface area contributed by atoms with Gasteiger partial charge in [0, 0.05) is 18.8 Å². The van der Waals surface area contributed by atoms with Crippen molar-refractivity contribution in [2.75, 3.05) is 43.1 Å². The number of halogens is 1. The van der Waals surface area contributed by atoms with Crippen molar-refractivity contribution in [2.45, 2.75) is 13.0 Å². The van der Waals surface area contributed by atoms with Gasteiger partial charge in [0.15, 0.2) is 0 Å². The number of nitrogens with one attached hydrogen (secondary N) is 2. The second-order valence-electron chi connectivity index (χ2n) is 5.10. The van der Waals surface area contributed by atoms with Crippen LogP contribution in [-0.2, 0) is 14.3 Å². The molecule has 0 aliphatic carbocycles. The molecule has 1 heterocycles. The molecule has 23 heavy (non-hydrogen) atoms. The molecule has 1 fully saturated rings. The number of ether oxygens (including phenoxy) is 1. The summed E-state index contributed by atoms with van der Waals surface area (Å²) in [6.45, 7) is 3.22. The molecule has 1 atom stereocenters. The summed E-state index contributed by atoms with van der Waals surface area (Å²) in [6, 6.07) is 3.68. The second-order valence-corrected chi connectivity index (χ2v) is 5.10.